The fourth-order valence-electron chi connectivity index (χ4n) is 3.24. The quantitative estimate of drug-likeness (QED) is 0.772. The van der Waals surface area contributed by atoms with Gasteiger partial charge < -0.3 is 5.32 Å². The van der Waals surface area contributed by atoms with Gasteiger partial charge >= 0.3 is 0 Å². The molecule has 0 radical (unpaired) electrons. The van der Waals surface area contributed by atoms with E-state index in [-0.39, 0.29) is 0 Å². The van der Waals surface area contributed by atoms with E-state index in [2.05, 4.69) is 31.0 Å². The Hall–Kier alpha value is -0.0800. The third-order valence-corrected chi connectivity index (χ3v) is 4.57. The number of nitrogens with zero attached hydrogens (tertiary/aromatic N) is 1. The molecule has 2 heteroatoms. The Labute approximate surface area is 101 Å². The van der Waals surface area contributed by atoms with Gasteiger partial charge in [-0.1, -0.05) is 20.8 Å². The zero-order chi connectivity index (χ0) is 11.5. The number of rotatable bonds is 5. The van der Waals surface area contributed by atoms with E-state index < -0.39 is 0 Å². The van der Waals surface area contributed by atoms with Gasteiger partial charge in [-0.05, 0) is 38.0 Å². The highest BCUT2D eigenvalue weighted by molar-refractivity contribution is 4.95. The van der Waals surface area contributed by atoms with Gasteiger partial charge in [0.15, 0.2) is 0 Å². The highest BCUT2D eigenvalue weighted by atomic mass is 15.3. The summed E-state index contributed by atoms with van der Waals surface area (Å²) in [4.78, 5) is 2.81. The van der Waals surface area contributed by atoms with Crippen molar-refractivity contribution < 1.29 is 0 Å². The molecule has 1 aliphatic carbocycles. The van der Waals surface area contributed by atoms with E-state index in [0.29, 0.717) is 0 Å². The van der Waals surface area contributed by atoms with Crippen LogP contribution >= 0.6 is 0 Å². The summed E-state index contributed by atoms with van der Waals surface area (Å²) in [6.07, 6.45) is 6.84. The molecule has 2 rings (SSSR count). The Bertz CT molecular complexity index is 201. The van der Waals surface area contributed by atoms with Crippen LogP contribution < -0.4 is 5.32 Å². The van der Waals surface area contributed by atoms with Gasteiger partial charge in [0.1, 0.15) is 0 Å². The standard InChI is InChI=1S/C14H28N2/c1-4-12(5-2)16-10-14(11-7-8-11)15-9-13(16)6-3/h11-15H,4-10H2,1-3H3. The lowest BCUT2D eigenvalue weighted by molar-refractivity contribution is 0.0689. The first-order valence-electron chi connectivity index (χ1n) is 7.29. The van der Waals surface area contributed by atoms with Gasteiger partial charge in [-0.15, -0.1) is 0 Å². The smallest absolute Gasteiger partial charge is 0.0224 e. The second-order valence-corrected chi connectivity index (χ2v) is 5.58. The lowest BCUT2D eigenvalue weighted by Crippen LogP contribution is -2.59. The van der Waals surface area contributed by atoms with Gasteiger partial charge in [-0.2, -0.15) is 0 Å². The third-order valence-electron chi connectivity index (χ3n) is 4.57. The molecule has 2 fully saturated rings. The molecule has 2 atom stereocenters. The van der Waals surface area contributed by atoms with E-state index in [9.17, 15) is 0 Å². The minimum absolute atomic E-state index is 0.778. The van der Waals surface area contributed by atoms with E-state index in [4.69, 9.17) is 0 Å². The molecular weight excluding hydrogens is 196 g/mol. The Balaban J connectivity index is 1.97. The highest BCUT2D eigenvalue weighted by Crippen LogP contribution is 2.35. The monoisotopic (exact) mass is 224 g/mol. The SMILES string of the molecule is CCC(CC)N1CC(C2CC2)NCC1CC. The van der Waals surface area contributed by atoms with Gasteiger partial charge in [0.2, 0.25) is 0 Å². The Morgan fingerprint density at radius 3 is 2.38 bits per heavy atom. The normalized spacial score (nSPS) is 32.2. The molecule has 1 saturated carbocycles. The molecule has 2 unspecified atom stereocenters. The van der Waals surface area contributed by atoms with Gasteiger partial charge in [0.25, 0.3) is 0 Å². The van der Waals surface area contributed by atoms with Crippen LogP contribution in [-0.2, 0) is 0 Å². The molecule has 2 nitrogen and oxygen atoms in total. The maximum absolute atomic E-state index is 3.77. The minimum atomic E-state index is 0.778. The van der Waals surface area contributed by atoms with Crippen molar-refractivity contribution in [3.05, 3.63) is 0 Å². The van der Waals surface area contributed by atoms with Crippen LogP contribution in [0.3, 0.4) is 0 Å². The van der Waals surface area contributed by atoms with Crippen molar-refractivity contribution in [2.45, 2.75) is 71.0 Å². The minimum Gasteiger partial charge on any atom is -0.311 e. The highest BCUT2D eigenvalue weighted by Gasteiger charge is 2.38. The van der Waals surface area contributed by atoms with Crippen molar-refractivity contribution in [1.29, 1.82) is 0 Å². The fourth-order valence-corrected chi connectivity index (χ4v) is 3.24. The first-order chi connectivity index (χ1) is 7.80. The Morgan fingerprint density at radius 2 is 1.88 bits per heavy atom. The molecule has 1 N–H and O–H groups in total. The maximum atomic E-state index is 3.77. The zero-order valence-corrected chi connectivity index (χ0v) is 11.2. The summed E-state index contributed by atoms with van der Waals surface area (Å²) >= 11 is 0. The summed E-state index contributed by atoms with van der Waals surface area (Å²) in [6.45, 7) is 9.53. The van der Waals surface area contributed by atoms with Crippen LogP contribution in [0, 0.1) is 5.92 Å². The molecular formula is C14H28N2. The molecule has 94 valence electrons. The van der Waals surface area contributed by atoms with Crippen LogP contribution in [0.5, 0.6) is 0 Å². The lowest BCUT2D eigenvalue weighted by atomic mass is 9.99. The van der Waals surface area contributed by atoms with E-state index >= 15 is 0 Å². The number of hydrogen-bond acceptors (Lipinski definition) is 2. The summed E-state index contributed by atoms with van der Waals surface area (Å²) in [5.74, 6) is 0.995. The number of piperazine rings is 1. The van der Waals surface area contributed by atoms with Crippen LogP contribution in [0.25, 0.3) is 0 Å². The van der Waals surface area contributed by atoms with Crippen molar-refractivity contribution in [2.75, 3.05) is 13.1 Å². The summed E-state index contributed by atoms with van der Waals surface area (Å²) in [7, 11) is 0. The molecule has 0 aromatic rings. The van der Waals surface area contributed by atoms with Gasteiger partial charge in [-0.3, -0.25) is 4.90 Å². The maximum Gasteiger partial charge on any atom is 0.0224 e. The summed E-state index contributed by atoms with van der Waals surface area (Å²) in [5.41, 5.74) is 0. The summed E-state index contributed by atoms with van der Waals surface area (Å²) < 4.78 is 0. The molecule has 1 aliphatic heterocycles. The average molecular weight is 224 g/mol. The molecule has 1 heterocycles. The van der Waals surface area contributed by atoms with Crippen LogP contribution in [0.2, 0.25) is 0 Å². The number of nitrogens with one attached hydrogen (secondary N) is 1. The Kier molecular flexibility index (Phi) is 4.26. The molecule has 0 amide bonds. The number of hydrogen-bond donors (Lipinski definition) is 1. The average Bonchev–Trinajstić information content (AvgIpc) is 3.14. The predicted molar refractivity (Wildman–Crippen MR) is 69.7 cm³/mol. The first kappa shape index (κ1) is 12.4. The molecule has 0 bridgehead atoms. The van der Waals surface area contributed by atoms with Crippen molar-refractivity contribution >= 4 is 0 Å². The van der Waals surface area contributed by atoms with Crippen molar-refractivity contribution in [1.82, 2.24) is 10.2 Å². The first-order valence-corrected chi connectivity index (χ1v) is 7.29. The molecule has 16 heavy (non-hydrogen) atoms. The van der Waals surface area contributed by atoms with E-state index in [1.165, 1.54) is 45.2 Å². The second-order valence-electron chi connectivity index (χ2n) is 5.58. The van der Waals surface area contributed by atoms with E-state index in [1.54, 1.807) is 0 Å². The topological polar surface area (TPSA) is 15.3 Å². The third kappa shape index (κ3) is 2.60. The van der Waals surface area contributed by atoms with Crippen molar-refractivity contribution in [3.63, 3.8) is 0 Å². The van der Waals surface area contributed by atoms with Gasteiger partial charge in [0, 0.05) is 31.2 Å². The predicted octanol–water partition coefficient (Wildman–Crippen LogP) is 2.64. The van der Waals surface area contributed by atoms with Crippen LogP contribution in [0.1, 0.15) is 52.9 Å². The van der Waals surface area contributed by atoms with E-state index in [0.717, 1.165) is 24.0 Å². The van der Waals surface area contributed by atoms with Crippen LogP contribution in [0.4, 0.5) is 0 Å². The summed E-state index contributed by atoms with van der Waals surface area (Å²) in [5, 5.41) is 3.77. The van der Waals surface area contributed by atoms with Gasteiger partial charge in [-0.25, -0.2) is 0 Å². The molecule has 0 spiro atoms. The van der Waals surface area contributed by atoms with Crippen LogP contribution in [0.15, 0.2) is 0 Å². The molecule has 0 aromatic heterocycles. The second kappa shape index (κ2) is 5.50. The van der Waals surface area contributed by atoms with E-state index in [1.807, 2.05) is 0 Å². The fraction of sp³-hybridized carbons (Fsp3) is 1.00. The molecule has 0 aromatic carbocycles. The molecule has 1 saturated heterocycles. The van der Waals surface area contributed by atoms with Crippen molar-refractivity contribution in [2.24, 2.45) is 5.92 Å². The largest absolute Gasteiger partial charge is 0.311 e. The lowest BCUT2D eigenvalue weighted by Gasteiger charge is -2.44. The summed E-state index contributed by atoms with van der Waals surface area (Å²) in [6, 6.07) is 2.39. The van der Waals surface area contributed by atoms with Crippen LogP contribution in [-0.4, -0.2) is 36.1 Å². The zero-order valence-electron chi connectivity index (χ0n) is 11.2. The Morgan fingerprint density at radius 1 is 1.19 bits per heavy atom. The molecule has 2 aliphatic rings. The van der Waals surface area contributed by atoms with Crippen molar-refractivity contribution in [3.8, 4) is 0 Å². The van der Waals surface area contributed by atoms with Gasteiger partial charge in [0.05, 0.1) is 0 Å².